The molecular formula is C7H17NSi2. The van der Waals surface area contributed by atoms with Crippen molar-refractivity contribution in [1.29, 1.82) is 0 Å². The van der Waals surface area contributed by atoms with E-state index in [-0.39, 0.29) is 17.8 Å². The van der Waals surface area contributed by atoms with Crippen LogP contribution in [-0.4, -0.2) is 17.8 Å². The predicted molar refractivity (Wildman–Crippen MR) is 51.9 cm³/mol. The van der Waals surface area contributed by atoms with Crippen molar-refractivity contribution in [3.8, 4) is 0 Å². The summed E-state index contributed by atoms with van der Waals surface area (Å²) in [5.41, 5.74) is 0. The first kappa shape index (κ1) is 9.97. The second-order valence-corrected chi connectivity index (χ2v) is 7.62. The number of rotatable bonds is 3. The maximum Gasteiger partial charge on any atom is 0.159 e. The molecule has 0 saturated heterocycles. The van der Waals surface area contributed by atoms with Gasteiger partial charge in [0.05, 0.1) is 8.80 Å². The average molecular weight is 171 g/mol. The molecule has 58 valence electrons. The minimum absolute atomic E-state index is 0.244. The van der Waals surface area contributed by atoms with Crippen LogP contribution in [0.3, 0.4) is 0 Å². The maximum absolute atomic E-state index is 3.54. The van der Waals surface area contributed by atoms with E-state index < -0.39 is 0 Å². The Balaban J connectivity index is 3.86. The fourth-order valence-electron chi connectivity index (χ4n) is 0.755. The Morgan fingerprint density at radius 2 is 1.70 bits per heavy atom. The highest BCUT2D eigenvalue weighted by atomic mass is 28.3. The smallest absolute Gasteiger partial charge is 0.159 e. The molecule has 0 fully saturated rings. The van der Waals surface area contributed by atoms with Gasteiger partial charge in [0.2, 0.25) is 0 Å². The zero-order valence-electron chi connectivity index (χ0n) is 7.58. The third kappa shape index (κ3) is 3.90. The first-order valence-corrected chi connectivity index (χ1v) is 8.62. The van der Waals surface area contributed by atoms with Gasteiger partial charge in [0.25, 0.3) is 0 Å². The topological polar surface area (TPSA) is 12.0 Å². The fraction of sp³-hybridized carbons (Fsp3) is 0.714. The molecule has 0 saturated carbocycles. The van der Waals surface area contributed by atoms with Crippen LogP contribution < -0.4 is 4.98 Å². The Labute approximate surface area is 67.8 Å². The van der Waals surface area contributed by atoms with Gasteiger partial charge in [0.15, 0.2) is 8.96 Å². The third-order valence-corrected chi connectivity index (χ3v) is 3.72. The lowest BCUT2D eigenvalue weighted by molar-refractivity contribution is 1.24. The zero-order chi connectivity index (χ0) is 8.15. The molecule has 0 aliphatic rings. The normalized spacial score (nSPS) is 12.9. The molecule has 1 nitrogen and oxygen atoms in total. The van der Waals surface area contributed by atoms with Gasteiger partial charge in [0.1, 0.15) is 0 Å². The standard InChI is InChI=1S/C7H17NSi2/c1-6-7(9(2)3)8-10(4)5/h6,8H,1-5H3/b7-6-. The minimum Gasteiger partial charge on any atom is -0.418 e. The second-order valence-electron chi connectivity index (χ2n) is 2.83. The number of hydrogen-bond donors (Lipinski definition) is 1. The molecule has 0 atom stereocenters. The van der Waals surface area contributed by atoms with Crippen LogP contribution in [0.1, 0.15) is 6.92 Å². The lowest BCUT2D eigenvalue weighted by atomic mass is 10.7. The zero-order valence-corrected chi connectivity index (χ0v) is 9.58. The molecule has 0 heterocycles. The van der Waals surface area contributed by atoms with Gasteiger partial charge in [-0.3, -0.25) is 0 Å². The molecular weight excluding hydrogens is 154 g/mol. The molecule has 0 aliphatic heterocycles. The van der Waals surface area contributed by atoms with E-state index in [4.69, 9.17) is 0 Å². The first-order chi connectivity index (χ1) is 4.57. The Kier molecular flexibility index (Phi) is 4.73. The van der Waals surface area contributed by atoms with Crippen molar-refractivity contribution in [2.24, 2.45) is 0 Å². The minimum atomic E-state index is -0.283. The Bertz CT molecular complexity index is 119. The summed E-state index contributed by atoms with van der Waals surface area (Å²) in [6, 6.07) is 0. The summed E-state index contributed by atoms with van der Waals surface area (Å²) in [6.45, 7) is 11.3. The Morgan fingerprint density at radius 1 is 1.20 bits per heavy atom. The van der Waals surface area contributed by atoms with E-state index in [2.05, 4.69) is 44.2 Å². The van der Waals surface area contributed by atoms with Crippen LogP contribution in [0.5, 0.6) is 0 Å². The first-order valence-electron chi connectivity index (χ1n) is 3.62. The summed E-state index contributed by atoms with van der Waals surface area (Å²) in [7, 11) is -0.527. The highest BCUT2D eigenvalue weighted by Crippen LogP contribution is 1.96. The molecule has 2 radical (unpaired) electrons. The third-order valence-electron chi connectivity index (χ3n) is 1.21. The van der Waals surface area contributed by atoms with Gasteiger partial charge >= 0.3 is 0 Å². The van der Waals surface area contributed by atoms with Crippen molar-refractivity contribution in [2.75, 3.05) is 0 Å². The lowest BCUT2D eigenvalue weighted by Gasteiger charge is -2.14. The van der Waals surface area contributed by atoms with E-state index in [1.807, 2.05) is 0 Å². The monoisotopic (exact) mass is 171 g/mol. The van der Waals surface area contributed by atoms with Gasteiger partial charge in [-0.25, -0.2) is 0 Å². The summed E-state index contributed by atoms with van der Waals surface area (Å²) in [6.07, 6.45) is 2.21. The van der Waals surface area contributed by atoms with Crippen LogP contribution in [0.25, 0.3) is 0 Å². The predicted octanol–water partition coefficient (Wildman–Crippen LogP) is 2.02. The molecule has 0 rings (SSSR count). The largest absolute Gasteiger partial charge is 0.418 e. The molecule has 0 amide bonds. The molecule has 0 aromatic carbocycles. The summed E-state index contributed by atoms with van der Waals surface area (Å²) < 4.78 is 0. The molecule has 1 N–H and O–H groups in total. The summed E-state index contributed by atoms with van der Waals surface area (Å²) in [5, 5.41) is 1.49. The quantitative estimate of drug-likeness (QED) is 0.641. The summed E-state index contributed by atoms with van der Waals surface area (Å²) in [5.74, 6) is 0. The van der Waals surface area contributed by atoms with Crippen molar-refractivity contribution >= 4 is 17.8 Å². The van der Waals surface area contributed by atoms with Gasteiger partial charge in [-0.05, 0) is 12.2 Å². The molecule has 0 bridgehead atoms. The van der Waals surface area contributed by atoms with Crippen LogP contribution in [-0.2, 0) is 0 Å². The highest BCUT2D eigenvalue weighted by molar-refractivity contribution is 6.66. The maximum atomic E-state index is 3.54. The second kappa shape index (κ2) is 4.74. The van der Waals surface area contributed by atoms with Gasteiger partial charge in [0, 0.05) is 0 Å². The van der Waals surface area contributed by atoms with E-state index in [0.29, 0.717) is 0 Å². The van der Waals surface area contributed by atoms with Gasteiger partial charge in [-0.15, -0.1) is 0 Å². The van der Waals surface area contributed by atoms with Crippen molar-refractivity contribution in [1.82, 2.24) is 4.98 Å². The van der Waals surface area contributed by atoms with Crippen LogP contribution in [0.4, 0.5) is 0 Å². The van der Waals surface area contributed by atoms with Crippen LogP contribution in [0.15, 0.2) is 11.4 Å². The van der Waals surface area contributed by atoms with E-state index in [0.717, 1.165) is 0 Å². The van der Waals surface area contributed by atoms with Gasteiger partial charge < -0.3 is 4.98 Å². The Hall–Kier alpha value is -0.0262. The van der Waals surface area contributed by atoms with Crippen LogP contribution in [0.2, 0.25) is 26.2 Å². The molecule has 0 aliphatic carbocycles. The summed E-state index contributed by atoms with van der Waals surface area (Å²) in [4.78, 5) is 3.54. The van der Waals surface area contributed by atoms with Crippen molar-refractivity contribution < 1.29 is 0 Å². The number of nitrogens with one attached hydrogen (secondary N) is 1. The summed E-state index contributed by atoms with van der Waals surface area (Å²) >= 11 is 0. The SMILES string of the molecule is C/C=C(/N[Si](C)C)[Si](C)C. The number of hydrogen-bond acceptors (Lipinski definition) is 1. The lowest BCUT2D eigenvalue weighted by Crippen LogP contribution is -2.32. The van der Waals surface area contributed by atoms with Crippen molar-refractivity contribution in [2.45, 2.75) is 33.1 Å². The van der Waals surface area contributed by atoms with Crippen molar-refractivity contribution in [3.05, 3.63) is 11.4 Å². The molecule has 10 heavy (non-hydrogen) atoms. The molecule has 0 unspecified atom stereocenters. The van der Waals surface area contributed by atoms with Gasteiger partial charge in [-0.1, -0.05) is 32.3 Å². The highest BCUT2D eigenvalue weighted by Gasteiger charge is 2.04. The van der Waals surface area contributed by atoms with E-state index >= 15 is 0 Å². The van der Waals surface area contributed by atoms with E-state index in [1.165, 1.54) is 5.32 Å². The molecule has 3 heteroatoms. The number of allylic oxidation sites excluding steroid dienone is 1. The molecule has 0 aromatic heterocycles. The van der Waals surface area contributed by atoms with Gasteiger partial charge in [-0.2, -0.15) is 0 Å². The van der Waals surface area contributed by atoms with E-state index in [9.17, 15) is 0 Å². The van der Waals surface area contributed by atoms with Crippen LogP contribution in [0, 0.1) is 0 Å². The Morgan fingerprint density at radius 3 is 1.80 bits per heavy atom. The van der Waals surface area contributed by atoms with E-state index in [1.54, 1.807) is 0 Å². The van der Waals surface area contributed by atoms with Crippen molar-refractivity contribution in [3.63, 3.8) is 0 Å². The molecule has 0 aromatic rings. The van der Waals surface area contributed by atoms with Crippen LogP contribution >= 0.6 is 0 Å². The average Bonchev–Trinajstić information content (AvgIpc) is 1.81. The molecule has 0 spiro atoms. The fourth-order valence-corrected chi connectivity index (χ4v) is 3.77.